The zero-order valence-corrected chi connectivity index (χ0v) is 22.7. The van der Waals surface area contributed by atoms with Crippen LogP contribution >= 0.6 is 0 Å². The van der Waals surface area contributed by atoms with Gasteiger partial charge in [0.2, 0.25) is 0 Å². The lowest BCUT2D eigenvalue weighted by atomic mass is 9.95. The smallest absolute Gasteiger partial charge is 0.271 e. The Bertz CT molecular complexity index is 1780. The maximum absolute atomic E-state index is 12.4. The molecule has 1 atom stereocenters. The van der Waals surface area contributed by atoms with E-state index in [2.05, 4.69) is 55.6 Å². The molecule has 0 saturated carbocycles. The van der Waals surface area contributed by atoms with E-state index < -0.39 is 0 Å². The monoisotopic (exact) mass is 546 g/mol. The van der Waals surface area contributed by atoms with Crippen molar-refractivity contribution >= 4 is 11.4 Å². The summed E-state index contributed by atoms with van der Waals surface area (Å²) in [7, 11) is 1.91. The first-order valence-corrected chi connectivity index (χ1v) is 13.7. The second-order valence-corrected chi connectivity index (χ2v) is 10.5. The molecule has 1 saturated heterocycles. The van der Waals surface area contributed by atoms with E-state index in [1.54, 1.807) is 10.9 Å². The highest BCUT2D eigenvalue weighted by Gasteiger charge is 2.29. The SMILES string of the molecule is Cn1cc(-c2cncc(CNc3ccc4c(c3)Cc3cccc(C5CN(c6ccc[nH]c6=O)CCO5)c3O4)c2)cn1. The Hall–Kier alpha value is -4.89. The third-order valence-corrected chi connectivity index (χ3v) is 7.66. The molecule has 2 N–H and O–H groups in total. The predicted octanol–water partition coefficient (Wildman–Crippen LogP) is 5.06. The van der Waals surface area contributed by atoms with Gasteiger partial charge in [0.25, 0.3) is 5.56 Å². The number of para-hydroxylation sites is 1. The number of hydrogen-bond donors (Lipinski definition) is 2. The van der Waals surface area contributed by atoms with E-state index in [0.29, 0.717) is 31.9 Å². The van der Waals surface area contributed by atoms with Gasteiger partial charge in [-0.1, -0.05) is 18.2 Å². The van der Waals surface area contributed by atoms with E-state index in [0.717, 1.165) is 57.0 Å². The topological polar surface area (TPSA) is 97.3 Å². The molecule has 1 unspecified atom stereocenters. The van der Waals surface area contributed by atoms with Gasteiger partial charge in [-0.2, -0.15) is 5.10 Å². The fourth-order valence-corrected chi connectivity index (χ4v) is 5.60. The van der Waals surface area contributed by atoms with Crippen LogP contribution in [0.25, 0.3) is 11.1 Å². The molecule has 0 amide bonds. The zero-order chi connectivity index (χ0) is 27.8. The van der Waals surface area contributed by atoms with Crippen LogP contribution in [0.15, 0.2) is 90.4 Å². The standard InChI is InChI=1S/C32H30N6O3/c1-37-19-25(18-36-37)24-12-21(15-33-17-24)16-35-26-7-8-29-23(14-26)13-22-4-2-5-27(31(22)41-29)30-20-38(10-11-40-30)28-6-3-9-34-32(28)39/h2-9,12,14-15,17-19,30,35H,10-11,13,16,20H2,1H3,(H,34,39). The van der Waals surface area contributed by atoms with Gasteiger partial charge in [0.05, 0.1) is 12.8 Å². The van der Waals surface area contributed by atoms with E-state index in [9.17, 15) is 4.79 Å². The van der Waals surface area contributed by atoms with Crippen LogP contribution in [0, 0.1) is 0 Å². The molecule has 5 aromatic rings. The second-order valence-electron chi connectivity index (χ2n) is 10.5. The van der Waals surface area contributed by atoms with Crippen molar-refractivity contribution in [2.45, 2.75) is 19.1 Å². The third-order valence-electron chi connectivity index (χ3n) is 7.66. The molecule has 7 rings (SSSR count). The van der Waals surface area contributed by atoms with Gasteiger partial charge in [-0.05, 0) is 47.5 Å². The number of H-pyrrole nitrogens is 1. The number of benzene rings is 2. The maximum atomic E-state index is 12.4. The van der Waals surface area contributed by atoms with Crippen molar-refractivity contribution in [2.75, 3.05) is 29.9 Å². The maximum Gasteiger partial charge on any atom is 0.271 e. The summed E-state index contributed by atoms with van der Waals surface area (Å²) in [5.74, 6) is 1.70. The molecule has 3 aromatic heterocycles. The lowest BCUT2D eigenvalue weighted by molar-refractivity contribution is 0.0383. The molecule has 9 nitrogen and oxygen atoms in total. The molecule has 0 radical (unpaired) electrons. The van der Waals surface area contributed by atoms with Gasteiger partial charge in [0.15, 0.2) is 0 Å². The van der Waals surface area contributed by atoms with Crippen LogP contribution in [0.2, 0.25) is 0 Å². The largest absolute Gasteiger partial charge is 0.456 e. The van der Waals surface area contributed by atoms with Crippen molar-refractivity contribution in [3.63, 3.8) is 0 Å². The molecule has 2 aromatic carbocycles. The molecule has 9 heteroatoms. The number of nitrogens with one attached hydrogen (secondary N) is 2. The Morgan fingerprint density at radius 3 is 2.88 bits per heavy atom. The molecular formula is C32H30N6O3. The fraction of sp³-hybridized carbons (Fsp3) is 0.219. The Kier molecular flexibility index (Phi) is 6.48. The number of ether oxygens (including phenoxy) is 2. The fourth-order valence-electron chi connectivity index (χ4n) is 5.60. The number of aromatic nitrogens is 4. The zero-order valence-electron chi connectivity index (χ0n) is 22.7. The van der Waals surface area contributed by atoms with Crippen LogP contribution in [0.3, 0.4) is 0 Å². The minimum atomic E-state index is -0.197. The third kappa shape index (κ3) is 5.07. The van der Waals surface area contributed by atoms with Crippen molar-refractivity contribution < 1.29 is 9.47 Å². The molecule has 2 aliphatic heterocycles. The molecule has 1 fully saturated rings. The first-order chi connectivity index (χ1) is 20.1. The molecule has 41 heavy (non-hydrogen) atoms. The van der Waals surface area contributed by atoms with Crippen molar-refractivity contribution in [3.8, 4) is 22.6 Å². The van der Waals surface area contributed by atoms with Crippen LogP contribution in [0.4, 0.5) is 11.4 Å². The number of anilines is 2. The number of hydrogen-bond acceptors (Lipinski definition) is 7. The Labute approximate surface area is 237 Å². The summed E-state index contributed by atoms with van der Waals surface area (Å²) in [5.41, 5.74) is 8.05. The van der Waals surface area contributed by atoms with Crippen LogP contribution < -0.4 is 20.5 Å². The number of aromatic amines is 1. The number of rotatable bonds is 6. The average Bonchev–Trinajstić information content (AvgIpc) is 3.45. The molecule has 0 bridgehead atoms. The molecular weight excluding hydrogens is 516 g/mol. The lowest BCUT2D eigenvalue weighted by Crippen LogP contribution is -2.41. The number of aryl methyl sites for hydroxylation is 1. The average molecular weight is 547 g/mol. The van der Waals surface area contributed by atoms with Crippen molar-refractivity contribution in [2.24, 2.45) is 7.05 Å². The first kappa shape index (κ1) is 25.1. The van der Waals surface area contributed by atoms with Gasteiger partial charge < -0.3 is 24.7 Å². The van der Waals surface area contributed by atoms with Gasteiger partial charge in [-0.25, -0.2) is 0 Å². The van der Waals surface area contributed by atoms with E-state index in [4.69, 9.17) is 9.47 Å². The first-order valence-electron chi connectivity index (χ1n) is 13.7. The van der Waals surface area contributed by atoms with Gasteiger partial charge in [-0.15, -0.1) is 0 Å². The lowest BCUT2D eigenvalue weighted by Gasteiger charge is -2.35. The molecule has 0 spiro atoms. The number of morpholine rings is 1. The quantitative estimate of drug-likeness (QED) is 0.302. The summed E-state index contributed by atoms with van der Waals surface area (Å²) in [6.07, 6.45) is 9.80. The van der Waals surface area contributed by atoms with Crippen molar-refractivity contribution in [3.05, 3.63) is 118 Å². The summed E-state index contributed by atoms with van der Waals surface area (Å²) in [5, 5.41) is 7.80. The van der Waals surface area contributed by atoms with Gasteiger partial charge in [-0.3, -0.25) is 14.5 Å². The number of nitrogens with zero attached hydrogens (tertiary/aromatic N) is 4. The predicted molar refractivity (Wildman–Crippen MR) is 157 cm³/mol. The molecule has 206 valence electrons. The van der Waals surface area contributed by atoms with Crippen LogP contribution in [0.5, 0.6) is 11.5 Å². The minimum Gasteiger partial charge on any atom is -0.456 e. The molecule has 5 heterocycles. The van der Waals surface area contributed by atoms with Crippen molar-refractivity contribution in [1.82, 2.24) is 19.7 Å². The van der Waals surface area contributed by atoms with E-state index in [1.165, 1.54) is 0 Å². The summed E-state index contributed by atoms with van der Waals surface area (Å²) < 4.78 is 14.5. The Balaban J connectivity index is 1.07. The van der Waals surface area contributed by atoms with Gasteiger partial charge >= 0.3 is 0 Å². The van der Waals surface area contributed by atoms with E-state index in [-0.39, 0.29) is 11.7 Å². The minimum absolute atomic E-state index is 0.0877. The number of fused-ring (bicyclic) bond motifs is 2. The highest BCUT2D eigenvalue weighted by Crippen LogP contribution is 2.43. The van der Waals surface area contributed by atoms with Gasteiger partial charge in [0.1, 0.15) is 23.3 Å². The number of pyridine rings is 2. The normalized spacial score (nSPS) is 16.0. The second kappa shape index (κ2) is 10.6. The van der Waals surface area contributed by atoms with E-state index in [1.807, 2.05) is 56.1 Å². The Morgan fingerprint density at radius 2 is 2.00 bits per heavy atom. The van der Waals surface area contributed by atoms with Crippen molar-refractivity contribution in [1.29, 1.82) is 0 Å². The molecule has 0 aliphatic carbocycles. The summed E-state index contributed by atoms with van der Waals surface area (Å²) in [6.45, 7) is 2.44. The van der Waals surface area contributed by atoms with Crippen LogP contribution in [-0.2, 0) is 24.8 Å². The molecule has 2 aliphatic rings. The highest BCUT2D eigenvalue weighted by atomic mass is 16.5. The highest BCUT2D eigenvalue weighted by molar-refractivity contribution is 5.62. The van der Waals surface area contributed by atoms with E-state index >= 15 is 0 Å². The van der Waals surface area contributed by atoms with Crippen LogP contribution in [0.1, 0.15) is 28.4 Å². The summed E-state index contributed by atoms with van der Waals surface area (Å²) in [4.78, 5) is 21.7. The Morgan fingerprint density at radius 1 is 1.05 bits per heavy atom. The van der Waals surface area contributed by atoms with Crippen LogP contribution in [-0.4, -0.2) is 39.4 Å². The summed E-state index contributed by atoms with van der Waals surface area (Å²) >= 11 is 0. The summed E-state index contributed by atoms with van der Waals surface area (Å²) in [6, 6.07) is 18.3. The van der Waals surface area contributed by atoms with Gasteiger partial charge in [0, 0.05) is 85.8 Å².